The number of nitrogens with one attached hydrogen (secondary N) is 1. The van der Waals surface area contributed by atoms with Gasteiger partial charge in [0, 0.05) is 12.2 Å². The molecule has 0 spiro atoms. The van der Waals surface area contributed by atoms with Crippen LogP contribution in [0.15, 0.2) is 60.1 Å². The van der Waals surface area contributed by atoms with Crippen LogP contribution in [0.5, 0.6) is 0 Å². The van der Waals surface area contributed by atoms with Gasteiger partial charge in [-0.1, -0.05) is 24.3 Å². The summed E-state index contributed by atoms with van der Waals surface area (Å²) in [5.74, 6) is -0.250. The summed E-state index contributed by atoms with van der Waals surface area (Å²) >= 11 is 1.66. The molecule has 1 amide bonds. The number of carbonyl (C=O) groups is 1. The monoisotopic (exact) mass is 378 g/mol. The molecule has 0 atom stereocenters. The van der Waals surface area contributed by atoms with Crippen molar-refractivity contribution in [3.63, 3.8) is 0 Å². The maximum Gasteiger partial charge on any atom is 0.273 e. The normalized spacial score (nSPS) is 10.9. The van der Waals surface area contributed by atoms with Crippen LogP contribution in [0.2, 0.25) is 0 Å². The van der Waals surface area contributed by atoms with E-state index < -0.39 is 0 Å². The molecule has 0 aliphatic heterocycles. The largest absolute Gasteiger partial charge is 0.349 e. The Bertz CT molecular complexity index is 1040. The van der Waals surface area contributed by atoms with E-state index in [2.05, 4.69) is 32.7 Å². The molecular weight excluding hydrogens is 360 g/mol. The molecule has 1 N–H and O–H groups in total. The van der Waals surface area contributed by atoms with Gasteiger partial charge in [0.25, 0.3) is 5.91 Å². The second kappa shape index (κ2) is 7.55. The summed E-state index contributed by atoms with van der Waals surface area (Å²) in [6, 6.07) is 15.6. The molecule has 136 valence electrons. The van der Waals surface area contributed by atoms with Crippen LogP contribution in [-0.2, 0) is 6.54 Å². The summed E-state index contributed by atoms with van der Waals surface area (Å²) < 4.78 is 1.90. The summed E-state index contributed by atoms with van der Waals surface area (Å²) in [6.07, 6.45) is 1.47. The Labute approximate surface area is 160 Å². The highest BCUT2D eigenvalue weighted by Gasteiger charge is 2.12. The van der Waals surface area contributed by atoms with Crippen LogP contribution in [0.3, 0.4) is 0 Å². The first kappa shape index (κ1) is 17.2. The predicted octanol–water partition coefficient (Wildman–Crippen LogP) is 2.93. The first-order valence-corrected chi connectivity index (χ1v) is 9.43. The molecule has 4 rings (SSSR count). The van der Waals surface area contributed by atoms with Gasteiger partial charge in [-0.25, -0.2) is 0 Å². The number of para-hydroxylation sites is 1. The smallest absolute Gasteiger partial charge is 0.273 e. The maximum absolute atomic E-state index is 12.3. The molecule has 0 saturated heterocycles. The molecule has 0 aliphatic carbocycles. The second-order valence-corrected chi connectivity index (χ2v) is 6.93. The van der Waals surface area contributed by atoms with E-state index in [0.717, 1.165) is 22.0 Å². The van der Waals surface area contributed by atoms with Crippen molar-refractivity contribution in [1.82, 2.24) is 30.1 Å². The summed E-state index contributed by atoms with van der Waals surface area (Å²) in [5, 5.41) is 17.9. The Hall–Kier alpha value is -3.26. The van der Waals surface area contributed by atoms with E-state index >= 15 is 0 Å². The van der Waals surface area contributed by atoms with Gasteiger partial charge < -0.3 is 5.32 Å². The fourth-order valence-electron chi connectivity index (χ4n) is 2.70. The Morgan fingerprint density at radius 1 is 1.15 bits per heavy atom. The van der Waals surface area contributed by atoms with E-state index in [4.69, 9.17) is 0 Å². The summed E-state index contributed by atoms with van der Waals surface area (Å²) in [6.45, 7) is 3.07. The van der Waals surface area contributed by atoms with Crippen molar-refractivity contribution in [2.24, 2.45) is 0 Å². The van der Waals surface area contributed by atoms with E-state index in [0.29, 0.717) is 13.1 Å². The van der Waals surface area contributed by atoms with Crippen LogP contribution in [0.4, 0.5) is 0 Å². The first-order valence-electron chi connectivity index (χ1n) is 8.55. The van der Waals surface area contributed by atoms with Gasteiger partial charge in [-0.2, -0.15) is 15.0 Å². The van der Waals surface area contributed by atoms with E-state index in [1.165, 1.54) is 11.0 Å². The molecule has 3 heterocycles. The average Bonchev–Trinajstić information content (AvgIpc) is 3.44. The predicted molar refractivity (Wildman–Crippen MR) is 104 cm³/mol. The van der Waals surface area contributed by atoms with Crippen molar-refractivity contribution in [2.75, 3.05) is 6.54 Å². The van der Waals surface area contributed by atoms with Crippen LogP contribution in [0, 0.1) is 6.92 Å². The highest BCUT2D eigenvalue weighted by molar-refractivity contribution is 7.13. The zero-order chi connectivity index (χ0) is 18.6. The lowest BCUT2D eigenvalue weighted by atomic mass is 10.3. The number of aromatic nitrogens is 5. The lowest BCUT2D eigenvalue weighted by Crippen LogP contribution is -2.28. The number of aryl methyl sites for hydroxylation is 1. The van der Waals surface area contributed by atoms with Crippen LogP contribution >= 0.6 is 11.3 Å². The minimum atomic E-state index is -0.250. The minimum absolute atomic E-state index is 0.250. The van der Waals surface area contributed by atoms with Gasteiger partial charge in [0.2, 0.25) is 0 Å². The van der Waals surface area contributed by atoms with E-state index in [1.54, 1.807) is 11.3 Å². The van der Waals surface area contributed by atoms with E-state index in [-0.39, 0.29) is 11.6 Å². The van der Waals surface area contributed by atoms with Crippen molar-refractivity contribution in [3.8, 4) is 16.3 Å². The topological polar surface area (TPSA) is 77.6 Å². The second-order valence-electron chi connectivity index (χ2n) is 5.98. The fraction of sp³-hybridized carbons (Fsp3) is 0.158. The highest BCUT2D eigenvalue weighted by Crippen LogP contribution is 2.23. The number of hydrogen-bond acceptors (Lipinski definition) is 5. The number of nitrogens with zero attached hydrogens (tertiary/aromatic N) is 5. The van der Waals surface area contributed by atoms with Crippen molar-refractivity contribution in [3.05, 3.63) is 71.5 Å². The number of amides is 1. The molecule has 8 heteroatoms. The molecular formula is C19H18N6OS. The average molecular weight is 378 g/mol. The Balaban J connectivity index is 1.36. The standard InChI is InChI=1S/C19H18N6OS/c1-14-12-16(18-8-5-11-27-18)22-24(14)10-9-20-19(26)17-13-21-25(23-17)15-6-3-2-4-7-15/h2-8,11-13H,9-10H2,1H3,(H,20,26). The summed E-state index contributed by atoms with van der Waals surface area (Å²) in [5.41, 5.74) is 3.11. The molecule has 0 radical (unpaired) electrons. The lowest BCUT2D eigenvalue weighted by Gasteiger charge is -2.05. The van der Waals surface area contributed by atoms with Gasteiger partial charge in [0.15, 0.2) is 5.69 Å². The van der Waals surface area contributed by atoms with E-state index in [9.17, 15) is 4.79 Å². The summed E-state index contributed by atoms with van der Waals surface area (Å²) in [7, 11) is 0. The lowest BCUT2D eigenvalue weighted by molar-refractivity contribution is 0.0946. The number of hydrogen-bond donors (Lipinski definition) is 1. The molecule has 7 nitrogen and oxygen atoms in total. The third kappa shape index (κ3) is 3.80. The Morgan fingerprint density at radius 2 is 2.00 bits per heavy atom. The van der Waals surface area contributed by atoms with Gasteiger partial charge in [-0.15, -0.1) is 16.4 Å². The molecule has 0 aliphatic rings. The molecule has 3 aromatic heterocycles. The van der Waals surface area contributed by atoms with Gasteiger partial charge in [0.05, 0.1) is 23.3 Å². The van der Waals surface area contributed by atoms with Crippen molar-refractivity contribution < 1.29 is 4.79 Å². The Kier molecular flexibility index (Phi) is 4.80. The fourth-order valence-corrected chi connectivity index (χ4v) is 3.38. The molecule has 27 heavy (non-hydrogen) atoms. The van der Waals surface area contributed by atoms with Crippen molar-refractivity contribution in [2.45, 2.75) is 13.5 Å². The van der Waals surface area contributed by atoms with Crippen LogP contribution < -0.4 is 5.32 Å². The maximum atomic E-state index is 12.3. The quantitative estimate of drug-likeness (QED) is 0.560. The molecule has 0 saturated carbocycles. The highest BCUT2D eigenvalue weighted by atomic mass is 32.1. The van der Waals surface area contributed by atoms with Gasteiger partial charge >= 0.3 is 0 Å². The number of thiophene rings is 1. The number of benzene rings is 1. The third-order valence-corrected chi connectivity index (χ3v) is 4.97. The SMILES string of the molecule is Cc1cc(-c2cccs2)nn1CCNC(=O)c1cnn(-c2ccccc2)n1. The van der Waals surface area contributed by atoms with Gasteiger partial charge in [0.1, 0.15) is 5.69 Å². The molecule has 4 aromatic rings. The Morgan fingerprint density at radius 3 is 2.78 bits per heavy atom. The zero-order valence-electron chi connectivity index (χ0n) is 14.7. The minimum Gasteiger partial charge on any atom is -0.349 e. The van der Waals surface area contributed by atoms with Gasteiger partial charge in [-0.3, -0.25) is 9.48 Å². The molecule has 0 bridgehead atoms. The molecule has 1 aromatic carbocycles. The molecule has 0 unspecified atom stereocenters. The third-order valence-electron chi connectivity index (χ3n) is 4.08. The number of carbonyl (C=O) groups excluding carboxylic acids is 1. The van der Waals surface area contributed by atoms with Crippen LogP contribution in [0.25, 0.3) is 16.3 Å². The van der Waals surface area contributed by atoms with Crippen LogP contribution in [-0.4, -0.2) is 37.2 Å². The van der Waals surface area contributed by atoms with Crippen LogP contribution in [0.1, 0.15) is 16.2 Å². The zero-order valence-corrected chi connectivity index (χ0v) is 15.6. The number of rotatable bonds is 6. The molecule has 0 fully saturated rings. The van der Waals surface area contributed by atoms with Crippen molar-refractivity contribution >= 4 is 17.2 Å². The van der Waals surface area contributed by atoms with E-state index in [1.807, 2.05) is 53.4 Å². The van der Waals surface area contributed by atoms with Crippen molar-refractivity contribution in [1.29, 1.82) is 0 Å². The summed E-state index contributed by atoms with van der Waals surface area (Å²) in [4.78, 5) is 14.9. The first-order chi connectivity index (χ1) is 13.2. The van der Waals surface area contributed by atoms with Gasteiger partial charge in [-0.05, 0) is 36.6 Å².